The molecule has 4 rings (SSSR count). The molecule has 0 aromatic carbocycles. The maximum atomic E-state index is 13.0. The minimum Gasteiger partial charge on any atom is -0.369 e. The lowest BCUT2D eigenvalue weighted by Crippen LogP contribution is -2.59. The van der Waals surface area contributed by atoms with Crippen LogP contribution in [0.3, 0.4) is 0 Å². The number of nitrogens with two attached hydrogens (primary N) is 1. The second kappa shape index (κ2) is 6.70. The average molecular weight is 438 g/mol. The zero-order valence-electron chi connectivity index (χ0n) is 14.8. The van der Waals surface area contributed by atoms with Crippen molar-refractivity contribution in [2.75, 3.05) is 13.7 Å². The molecular weight excluding hydrogens is 422 g/mol. The molecule has 8 nitrogen and oxygen atoms in total. The quantitative estimate of drug-likeness (QED) is 0.768. The third-order valence-corrected chi connectivity index (χ3v) is 8.66. The molecule has 11 heteroatoms. The maximum Gasteiger partial charge on any atom is 0.267 e. The molecule has 0 spiro atoms. The Balaban J connectivity index is 1.90. The van der Waals surface area contributed by atoms with Gasteiger partial charge in [0, 0.05) is 36.5 Å². The maximum absolute atomic E-state index is 13.0. The fourth-order valence-corrected chi connectivity index (χ4v) is 6.87. The van der Waals surface area contributed by atoms with Crippen molar-refractivity contribution in [3.8, 4) is 16.5 Å². The number of aromatic nitrogens is 1. The third kappa shape index (κ3) is 2.78. The van der Waals surface area contributed by atoms with Gasteiger partial charge in [-0.2, -0.15) is 5.26 Å². The molecule has 0 aliphatic carbocycles. The summed E-state index contributed by atoms with van der Waals surface area (Å²) in [7, 11) is -2.50. The van der Waals surface area contributed by atoms with E-state index in [1.54, 1.807) is 18.3 Å². The van der Waals surface area contributed by atoms with E-state index in [4.69, 9.17) is 27.3 Å². The van der Waals surface area contributed by atoms with Crippen molar-refractivity contribution in [2.24, 2.45) is 10.7 Å². The van der Waals surface area contributed by atoms with Crippen LogP contribution in [-0.2, 0) is 20.3 Å². The summed E-state index contributed by atoms with van der Waals surface area (Å²) in [6, 6.07) is 5.49. The van der Waals surface area contributed by atoms with Crippen LogP contribution in [0.2, 0.25) is 5.02 Å². The van der Waals surface area contributed by atoms with Gasteiger partial charge in [-0.3, -0.25) is 4.98 Å². The first kappa shape index (κ1) is 19.1. The van der Waals surface area contributed by atoms with Crippen molar-refractivity contribution in [3.63, 3.8) is 0 Å². The average Bonchev–Trinajstić information content (AvgIpc) is 3.09. The fourth-order valence-electron chi connectivity index (χ4n) is 3.49. The highest BCUT2D eigenvalue weighted by Crippen LogP contribution is 2.51. The lowest BCUT2D eigenvalue weighted by atomic mass is 9.90. The van der Waals surface area contributed by atoms with E-state index in [9.17, 15) is 8.42 Å². The van der Waals surface area contributed by atoms with E-state index in [-0.39, 0.29) is 5.96 Å². The minimum absolute atomic E-state index is 0.0964. The van der Waals surface area contributed by atoms with Crippen LogP contribution in [-0.4, -0.2) is 42.8 Å². The molecule has 2 atom stereocenters. The number of rotatable bonds is 2. The SMILES string of the molecule is CN1C(N)=N[C@@]2(c3sc(-c4cncc(C#N)c4)cc3Cl)CCCOC2S1(=O)=O. The van der Waals surface area contributed by atoms with Gasteiger partial charge < -0.3 is 10.5 Å². The Labute approximate surface area is 171 Å². The molecule has 1 fully saturated rings. The summed E-state index contributed by atoms with van der Waals surface area (Å²) >= 11 is 7.86. The lowest BCUT2D eigenvalue weighted by Gasteiger charge is -2.44. The van der Waals surface area contributed by atoms with Crippen molar-refractivity contribution in [3.05, 3.63) is 40.0 Å². The van der Waals surface area contributed by atoms with Gasteiger partial charge >= 0.3 is 0 Å². The van der Waals surface area contributed by atoms with Gasteiger partial charge in [0.25, 0.3) is 10.0 Å². The Morgan fingerprint density at radius 2 is 2.25 bits per heavy atom. The number of halogens is 1. The fraction of sp³-hybridized carbons (Fsp3) is 0.353. The highest BCUT2D eigenvalue weighted by Gasteiger charge is 2.57. The Bertz CT molecular complexity index is 1120. The Hall–Kier alpha value is -2.19. The van der Waals surface area contributed by atoms with Gasteiger partial charge in [-0.15, -0.1) is 11.3 Å². The first-order valence-electron chi connectivity index (χ1n) is 8.39. The zero-order chi connectivity index (χ0) is 20.1. The van der Waals surface area contributed by atoms with Gasteiger partial charge in [0.2, 0.25) is 11.4 Å². The van der Waals surface area contributed by atoms with Crippen molar-refractivity contribution in [1.82, 2.24) is 9.29 Å². The third-order valence-electron chi connectivity index (χ3n) is 4.88. The van der Waals surface area contributed by atoms with E-state index in [1.807, 2.05) is 0 Å². The Kier molecular flexibility index (Phi) is 4.58. The van der Waals surface area contributed by atoms with Gasteiger partial charge in [-0.1, -0.05) is 11.6 Å². The summed E-state index contributed by atoms with van der Waals surface area (Å²) in [6.45, 7) is 0.318. The number of pyridine rings is 1. The molecular formula is C17H16ClN5O3S2. The number of sulfonamides is 1. The Morgan fingerprint density at radius 3 is 3.00 bits per heavy atom. The van der Waals surface area contributed by atoms with Crippen LogP contribution < -0.4 is 5.73 Å². The molecule has 0 amide bonds. The molecule has 1 saturated heterocycles. The summed E-state index contributed by atoms with van der Waals surface area (Å²) in [6.07, 6.45) is 4.17. The number of guanidine groups is 1. The van der Waals surface area contributed by atoms with Crippen LogP contribution in [0.5, 0.6) is 0 Å². The first-order valence-corrected chi connectivity index (χ1v) is 11.1. The summed E-state index contributed by atoms with van der Waals surface area (Å²) in [5.74, 6) is -0.0964. The topological polar surface area (TPSA) is 122 Å². The van der Waals surface area contributed by atoms with E-state index < -0.39 is 21.0 Å². The number of nitriles is 1. The molecule has 2 N–H and O–H groups in total. The van der Waals surface area contributed by atoms with E-state index in [0.717, 1.165) is 14.7 Å². The smallest absolute Gasteiger partial charge is 0.267 e. The number of hydrogen-bond acceptors (Lipinski definition) is 8. The normalized spacial score (nSPS) is 26.2. The van der Waals surface area contributed by atoms with E-state index in [2.05, 4.69) is 16.0 Å². The molecule has 0 radical (unpaired) electrons. The van der Waals surface area contributed by atoms with Crippen molar-refractivity contribution >= 4 is 38.9 Å². The van der Waals surface area contributed by atoms with Gasteiger partial charge in [0.1, 0.15) is 11.6 Å². The molecule has 0 saturated carbocycles. The van der Waals surface area contributed by atoms with Gasteiger partial charge in [-0.05, 0) is 25.0 Å². The van der Waals surface area contributed by atoms with E-state index in [0.29, 0.717) is 34.9 Å². The standard InChI is InChI=1S/C17H16ClN5O3S2/c1-23-16(20)22-17(3-2-4-26-15(17)28(23,24)25)14-12(18)6-13(27-14)11-5-10(7-19)8-21-9-11/h5-6,8-9,15H,2-4H2,1H3,(H2,20,22)/t15?,17-/m1/s1. The Morgan fingerprint density at radius 1 is 1.46 bits per heavy atom. The molecule has 1 unspecified atom stereocenters. The summed E-state index contributed by atoms with van der Waals surface area (Å²) in [5.41, 5.74) is 4.69. The molecule has 2 aliphatic heterocycles. The summed E-state index contributed by atoms with van der Waals surface area (Å²) in [5, 5.41) is 9.49. The molecule has 2 aliphatic rings. The van der Waals surface area contributed by atoms with E-state index in [1.165, 1.54) is 24.6 Å². The van der Waals surface area contributed by atoms with Crippen molar-refractivity contribution in [2.45, 2.75) is 23.8 Å². The highest BCUT2D eigenvalue weighted by atomic mass is 35.5. The van der Waals surface area contributed by atoms with Crippen LogP contribution in [0.4, 0.5) is 0 Å². The molecule has 28 heavy (non-hydrogen) atoms. The summed E-state index contributed by atoms with van der Waals surface area (Å²) < 4.78 is 32.6. The second-order valence-corrected chi connectivity index (χ2v) is 10.0. The number of fused-ring (bicyclic) bond motifs is 1. The van der Waals surface area contributed by atoms with Crippen LogP contribution in [0.25, 0.3) is 10.4 Å². The molecule has 4 heterocycles. The first-order chi connectivity index (χ1) is 13.3. The molecule has 146 valence electrons. The predicted octanol–water partition coefficient (Wildman–Crippen LogP) is 2.26. The van der Waals surface area contributed by atoms with Crippen molar-refractivity contribution < 1.29 is 13.2 Å². The van der Waals surface area contributed by atoms with Crippen LogP contribution in [0.15, 0.2) is 29.5 Å². The summed E-state index contributed by atoms with van der Waals surface area (Å²) in [4.78, 5) is 9.97. The number of thiophene rings is 1. The lowest BCUT2D eigenvalue weighted by molar-refractivity contribution is 0.00334. The van der Waals surface area contributed by atoms with Gasteiger partial charge in [0.15, 0.2) is 0 Å². The van der Waals surface area contributed by atoms with Crippen LogP contribution in [0, 0.1) is 11.3 Å². The van der Waals surface area contributed by atoms with Gasteiger partial charge in [0.05, 0.1) is 15.5 Å². The number of aliphatic imine (C=N–C) groups is 1. The highest BCUT2D eigenvalue weighted by molar-refractivity contribution is 7.90. The predicted molar refractivity (Wildman–Crippen MR) is 106 cm³/mol. The largest absolute Gasteiger partial charge is 0.369 e. The van der Waals surface area contributed by atoms with Crippen LogP contribution in [0.1, 0.15) is 23.3 Å². The number of ether oxygens (including phenoxy) is 1. The van der Waals surface area contributed by atoms with E-state index >= 15 is 0 Å². The minimum atomic E-state index is -3.85. The number of hydrogen-bond donors (Lipinski definition) is 1. The monoisotopic (exact) mass is 437 g/mol. The second-order valence-electron chi connectivity index (χ2n) is 6.57. The zero-order valence-corrected chi connectivity index (χ0v) is 17.2. The van der Waals surface area contributed by atoms with Gasteiger partial charge in [-0.25, -0.2) is 17.7 Å². The molecule has 2 aromatic heterocycles. The van der Waals surface area contributed by atoms with Crippen molar-refractivity contribution in [1.29, 1.82) is 5.26 Å². The molecule has 0 bridgehead atoms. The number of nitrogens with zero attached hydrogens (tertiary/aromatic N) is 4. The molecule has 2 aromatic rings. The van der Waals surface area contributed by atoms with Crippen LogP contribution >= 0.6 is 22.9 Å².